The summed E-state index contributed by atoms with van der Waals surface area (Å²) in [5.74, 6) is 0.901. The molecule has 0 aliphatic carbocycles. The zero-order valence-corrected chi connectivity index (χ0v) is 17.0. The van der Waals surface area contributed by atoms with Gasteiger partial charge >= 0.3 is 0 Å². The highest BCUT2D eigenvalue weighted by Crippen LogP contribution is 2.36. The van der Waals surface area contributed by atoms with Gasteiger partial charge in [0, 0.05) is 23.3 Å². The van der Waals surface area contributed by atoms with E-state index in [0.29, 0.717) is 17.1 Å². The van der Waals surface area contributed by atoms with Crippen LogP contribution in [0.4, 0.5) is 0 Å². The van der Waals surface area contributed by atoms with Crippen molar-refractivity contribution < 1.29 is 39.1 Å². The summed E-state index contributed by atoms with van der Waals surface area (Å²) in [6.45, 7) is 1.11. The molecule has 0 radical (unpaired) electrons. The van der Waals surface area contributed by atoms with Crippen molar-refractivity contribution in [1.82, 2.24) is 0 Å². The standard InChI is InChI=1S/C22H24O9/c1-13-21(27)20-16(26)11-15(28-7-4-23)12-19(20)31-22(13)14-2-3-17(29-8-5-24)18(10-14)30-9-6-25/h2-3,10-12,23-26H,4-9H2,1H3. The van der Waals surface area contributed by atoms with Gasteiger partial charge in [-0.25, -0.2) is 0 Å². The summed E-state index contributed by atoms with van der Waals surface area (Å²) in [7, 11) is 0. The van der Waals surface area contributed by atoms with E-state index >= 15 is 0 Å². The second kappa shape index (κ2) is 10.2. The second-order valence-electron chi connectivity index (χ2n) is 6.58. The van der Waals surface area contributed by atoms with E-state index in [1.54, 1.807) is 25.1 Å². The van der Waals surface area contributed by atoms with Crippen LogP contribution < -0.4 is 19.6 Å². The van der Waals surface area contributed by atoms with Crippen molar-refractivity contribution in [1.29, 1.82) is 0 Å². The predicted molar refractivity (Wildman–Crippen MR) is 112 cm³/mol. The molecule has 0 aliphatic rings. The van der Waals surface area contributed by atoms with Crippen LogP contribution in [-0.4, -0.2) is 60.1 Å². The molecule has 0 unspecified atom stereocenters. The lowest BCUT2D eigenvalue weighted by Crippen LogP contribution is -2.09. The minimum atomic E-state index is -0.402. The average Bonchev–Trinajstić information content (AvgIpc) is 2.77. The first-order valence-electron chi connectivity index (χ1n) is 9.66. The molecule has 0 saturated heterocycles. The number of aliphatic hydroxyl groups is 3. The van der Waals surface area contributed by atoms with Crippen LogP contribution in [0.15, 0.2) is 39.5 Å². The van der Waals surface area contributed by atoms with E-state index in [0.717, 1.165) is 0 Å². The first kappa shape index (κ1) is 22.4. The Hall–Kier alpha value is -3.27. The van der Waals surface area contributed by atoms with E-state index in [9.17, 15) is 9.90 Å². The minimum Gasteiger partial charge on any atom is -0.507 e. The first-order chi connectivity index (χ1) is 15.0. The molecule has 166 valence electrons. The van der Waals surface area contributed by atoms with Gasteiger partial charge in [-0.3, -0.25) is 4.79 Å². The van der Waals surface area contributed by atoms with Crippen molar-refractivity contribution in [2.75, 3.05) is 39.6 Å². The summed E-state index contributed by atoms with van der Waals surface area (Å²) < 4.78 is 22.3. The molecule has 31 heavy (non-hydrogen) atoms. The second-order valence-corrected chi connectivity index (χ2v) is 6.58. The number of fused-ring (bicyclic) bond motifs is 1. The van der Waals surface area contributed by atoms with Crippen LogP contribution in [0.25, 0.3) is 22.3 Å². The number of phenolic OH excluding ortho intramolecular Hbond substituents is 1. The number of aliphatic hydroxyl groups excluding tert-OH is 3. The number of aromatic hydroxyl groups is 1. The Balaban J connectivity index is 2.12. The van der Waals surface area contributed by atoms with E-state index in [4.69, 9.17) is 33.9 Å². The lowest BCUT2D eigenvalue weighted by atomic mass is 10.0. The molecule has 2 aromatic carbocycles. The van der Waals surface area contributed by atoms with Gasteiger partial charge in [0.1, 0.15) is 48.0 Å². The Morgan fingerprint density at radius 2 is 1.52 bits per heavy atom. The Kier molecular flexibility index (Phi) is 7.35. The third-order valence-corrected chi connectivity index (χ3v) is 4.44. The highest BCUT2D eigenvalue weighted by molar-refractivity contribution is 5.87. The zero-order chi connectivity index (χ0) is 22.4. The van der Waals surface area contributed by atoms with E-state index in [1.165, 1.54) is 12.1 Å². The first-order valence-corrected chi connectivity index (χ1v) is 9.66. The molecule has 0 saturated carbocycles. The van der Waals surface area contributed by atoms with Crippen LogP contribution in [0.5, 0.6) is 23.0 Å². The molecule has 0 bridgehead atoms. The lowest BCUT2D eigenvalue weighted by Gasteiger charge is -2.14. The van der Waals surface area contributed by atoms with Crippen LogP contribution in [0.1, 0.15) is 5.56 Å². The molecule has 0 aliphatic heterocycles. The Morgan fingerprint density at radius 1 is 0.871 bits per heavy atom. The maximum absolute atomic E-state index is 12.9. The van der Waals surface area contributed by atoms with Gasteiger partial charge in [0.05, 0.1) is 19.8 Å². The fourth-order valence-electron chi connectivity index (χ4n) is 3.08. The van der Waals surface area contributed by atoms with Crippen molar-refractivity contribution in [3.05, 3.63) is 46.1 Å². The van der Waals surface area contributed by atoms with Crippen LogP contribution in [-0.2, 0) is 0 Å². The summed E-state index contributed by atoms with van der Waals surface area (Å²) >= 11 is 0. The molecule has 4 N–H and O–H groups in total. The predicted octanol–water partition coefficient (Wildman–Crippen LogP) is 1.59. The number of phenols is 1. The third-order valence-electron chi connectivity index (χ3n) is 4.44. The number of benzene rings is 2. The molecule has 1 heterocycles. The van der Waals surface area contributed by atoms with E-state index in [-0.39, 0.29) is 73.4 Å². The number of rotatable bonds is 10. The summed E-state index contributed by atoms with van der Waals surface area (Å²) in [6, 6.07) is 7.64. The van der Waals surface area contributed by atoms with Gasteiger partial charge < -0.3 is 39.1 Å². The number of hydrogen-bond acceptors (Lipinski definition) is 9. The summed E-state index contributed by atoms with van der Waals surface area (Å²) in [4.78, 5) is 12.9. The molecule has 0 spiro atoms. The quantitative estimate of drug-likeness (QED) is 0.376. The van der Waals surface area contributed by atoms with Crippen LogP contribution in [0.2, 0.25) is 0 Å². The van der Waals surface area contributed by atoms with E-state index in [2.05, 4.69) is 0 Å². The highest BCUT2D eigenvalue weighted by Gasteiger charge is 2.18. The summed E-state index contributed by atoms with van der Waals surface area (Å²) in [5.41, 5.74) is 0.517. The van der Waals surface area contributed by atoms with Gasteiger partial charge in [-0.05, 0) is 25.1 Å². The van der Waals surface area contributed by atoms with Crippen LogP contribution >= 0.6 is 0 Å². The van der Waals surface area contributed by atoms with E-state index < -0.39 is 5.43 Å². The molecular weight excluding hydrogens is 408 g/mol. The molecule has 0 atom stereocenters. The molecule has 0 fully saturated rings. The van der Waals surface area contributed by atoms with Gasteiger partial charge in [-0.1, -0.05) is 0 Å². The fourth-order valence-corrected chi connectivity index (χ4v) is 3.08. The molecule has 1 aromatic heterocycles. The van der Waals surface area contributed by atoms with E-state index in [1.807, 2.05) is 0 Å². The van der Waals surface area contributed by atoms with Gasteiger partial charge in [-0.15, -0.1) is 0 Å². The Morgan fingerprint density at radius 3 is 2.19 bits per heavy atom. The molecular formula is C22H24O9. The fraction of sp³-hybridized carbons (Fsp3) is 0.318. The Bertz CT molecular complexity index is 1100. The van der Waals surface area contributed by atoms with Gasteiger partial charge in [0.25, 0.3) is 0 Å². The summed E-state index contributed by atoms with van der Waals surface area (Å²) in [6.07, 6.45) is 0. The zero-order valence-electron chi connectivity index (χ0n) is 17.0. The molecule has 9 heteroatoms. The van der Waals surface area contributed by atoms with Crippen molar-refractivity contribution in [3.8, 4) is 34.3 Å². The average molecular weight is 432 g/mol. The van der Waals surface area contributed by atoms with Crippen molar-refractivity contribution >= 4 is 11.0 Å². The van der Waals surface area contributed by atoms with Crippen LogP contribution in [0.3, 0.4) is 0 Å². The molecule has 3 rings (SSSR count). The van der Waals surface area contributed by atoms with Crippen molar-refractivity contribution in [3.63, 3.8) is 0 Å². The topological polar surface area (TPSA) is 139 Å². The monoisotopic (exact) mass is 432 g/mol. The maximum Gasteiger partial charge on any atom is 0.199 e. The molecule has 3 aromatic rings. The number of ether oxygens (including phenoxy) is 3. The van der Waals surface area contributed by atoms with Gasteiger partial charge in [0.15, 0.2) is 16.9 Å². The van der Waals surface area contributed by atoms with Crippen LogP contribution in [0, 0.1) is 6.92 Å². The van der Waals surface area contributed by atoms with Crippen molar-refractivity contribution in [2.45, 2.75) is 6.92 Å². The smallest absolute Gasteiger partial charge is 0.199 e. The Labute approximate surface area is 177 Å². The highest BCUT2D eigenvalue weighted by atomic mass is 16.5. The number of hydrogen-bond donors (Lipinski definition) is 4. The van der Waals surface area contributed by atoms with Gasteiger partial charge in [-0.2, -0.15) is 0 Å². The maximum atomic E-state index is 12.9. The summed E-state index contributed by atoms with van der Waals surface area (Å²) in [5, 5.41) is 37.3. The molecule has 9 nitrogen and oxygen atoms in total. The largest absolute Gasteiger partial charge is 0.507 e. The van der Waals surface area contributed by atoms with Gasteiger partial charge in [0.2, 0.25) is 0 Å². The van der Waals surface area contributed by atoms with Crippen molar-refractivity contribution in [2.24, 2.45) is 0 Å². The normalized spacial score (nSPS) is 11.0. The lowest BCUT2D eigenvalue weighted by molar-refractivity contribution is 0.178. The minimum absolute atomic E-state index is 0.0226. The third kappa shape index (κ3) is 4.91. The SMILES string of the molecule is Cc1c(-c2ccc(OCCO)c(OCCO)c2)oc2cc(OCCO)cc(O)c2c1=O. The molecule has 0 amide bonds.